The van der Waals surface area contributed by atoms with Gasteiger partial charge in [-0.25, -0.2) is 4.39 Å². The summed E-state index contributed by atoms with van der Waals surface area (Å²) in [7, 11) is 0. The van der Waals surface area contributed by atoms with Gasteiger partial charge in [0.05, 0.1) is 12.2 Å². The van der Waals surface area contributed by atoms with Gasteiger partial charge < -0.3 is 14.7 Å². The molecular weight excluding hydrogens is 546 g/mol. The lowest BCUT2D eigenvalue weighted by molar-refractivity contribution is -0.0153. The Morgan fingerprint density at radius 1 is 0.825 bits per heavy atom. The Morgan fingerprint density at radius 3 is 2.05 bits per heavy atom. The van der Waals surface area contributed by atoms with Crippen LogP contribution in [0.4, 0.5) is 10.1 Å². The molecule has 1 N–H and O–H groups in total. The van der Waals surface area contributed by atoms with Crippen molar-refractivity contribution >= 4 is 30.5 Å². The number of ether oxygens (including phenoxy) is 1. The standard InChI is InChI=1S/C33H43FN2O2.2ClH/c1-3-5-20-33(37,28-12-18-31(19-13-28)38-25-6-4-2)32(27-10-8-7-9-11-27)26-35-21-23-36(24-22-35)30-16-14-29(34)15-17-30;;/h7-19,32,37H,3-6,20-26H2,1-2H3;2*1H. The van der Waals surface area contributed by atoms with Gasteiger partial charge in [-0.1, -0.05) is 75.6 Å². The van der Waals surface area contributed by atoms with Gasteiger partial charge in [0.15, 0.2) is 0 Å². The Hall–Kier alpha value is -2.31. The van der Waals surface area contributed by atoms with Gasteiger partial charge in [-0.05, 0) is 60.4 Å². The van der Waals surface area contributed by atoms with Gasteiger partial charge in [0.1, 0.15) is 11.6 Å². The smallest absolute Gasteiger partial charge is 0.123 e. The van der Waals surface area contributed by atoms with Gasteiger partial charge in [-0.2, -0.15) is 0 Å². The Balaban J connectivity index is 0.00000280. The summed E-state index contributed by atoms with van der Waals surface area (Å²) < 4.78 is 19.3. The molecule has 3 aromatic carbocycles. The summed E-state index contributed by atoms with van der Waals surface area (Å²) in [5.41, 5.74) is 2.18. The molecule has 1 fully saturated rings. The van der Waals surface area contributed by atoms with Gasteiger partial charge in [0.25, 0.3) is 0 Å². The fourth-order valence-corrected chi connectivity index (χ4v) is 5.46. The second-order valence-electron chi connectivity index (χ2n) is 10.5. The number of rotatable bonds is 13. The molecule has 1 saturated heterocycles. The number of nitrogens with zero attached hydrogens (tertiary/aromatic N) is 2. The highest BCUT2D eigenvalue weighted by molar-refractivity contribution is 5.85. The van der Waals surface area contributed by atoms with E-state index in [4.69, 9.17) is 4.74 Å². The first-order valence-electron chi connectivity index (χ1n) is 14.3. The van der Waals surface area contributed by atoms with E-state index in [-0.39, 0.29) is 36.5 Å². The number of hydrogen-bond acceptors (Lipinski definition) is 4. The fourth-order valence-electron chi connectivity index (χ4n) is 5.46. The molecular formula is C33H45Cl2FN2O2. The lowest BCUT2D eigenvalue weighted by atomic mass is 9.74. The molecule has 2 unspecified atom stereocenters. The highest BCUT2D eigenvalue weighted by atomic mass is 35.5. The van der Waals surface area contributed by atoms with Crippen LogP contribution >= 0.6 is 24.8 Å². The van der Waals surface area contributed by atoms with Crippen molar-refractivity contribution in [1.82, 2.24) is 4.90 Å². The number of unbranched alkanes of at least 4 members (excludes halogenated alkanes) is 2. The van der Waals surface area contributed by atoms with Crippen LogP contribution in [0.2, 0.25) is 0 Å². The maximum atomic E-state index is 13.4. The molecule has 220 valence electrons. The number of aliphatic hydroxyl groups is 1. The Labute approximate surface area is 252 Å². The molecule has 7 heteroatoms. The molecule has 0 spiro atoms. The molecule has 0 aromatic heterocycles. The average Bonchev–Trinajstić information content (AvgIpc) is 2.96. The van der Waals surface area contributed by atoms with Crippen molar-refractivity contribution in [2.45, 2.75) is 57.5 Å². The third-order valence-electron chi connectivity index (χ3n) is 7.82. The summed E-state index contributed by atoms with van der Waals surface area (Å²) in [6, 6.07) is 25.4. The van der Waals surface area contributed by atoms with E-state index in [2.05, 4.69) is 60.0 Å². The minimum atomic E-state index is -0.993. The van der Waals surface area contributed by atoms with Crippen molar-refractivity contribution in [2.75, 3.05) is 44.2 Å². The van der Waals surface area contributed by atoms with E-state index in [1.165, 1.54) is 12.1 Å². The summed E-state index contributed by atoms with van der Waals surface area (Å²) in [6.45, 7) is 9.38. The third-order valence-corrected chi connectivity index (χ3v) is 7.82. The molecule has 0 bridgehead atoms. The van der Waals surface area contributed by atoms with Crippen LogP contribution in [-0.2, 0) is 5.60 Å². The largest absolute Gasteiger partial charge is 0.494 e. The summed E-state index contributed by atoms with van der Waals surface area (Å²) in [4.78, 5) is 4.78. The second kappa shape index (κ2) is 16.8. The van der Waals surface area contributed by atoms with E-state index in [0.717, 1.165) is 81.0 Å². The van der Waals surface area contributed by atoms with Crippen LogP contribution in [0.15, 0.2) is 78.9 Å². The summed E-state index contributed by atoms with van der Waals surface area (Å²) in [5, 5.41) is 12.5. The molecule has 3 aromatic rings. The summed E-state index contributed by atoms with van der Waals surface area (Å²) in [6.07, 6.45) is 4.82. The predicted molar refractivity (Wildman–Crippen MR) is 169 cm³/mol. The van der Waals surface area contributed by atoms with E-state index in [9.17, 15) is 9.50 Å². The molecule has 0 radical (unpaired) electrons. The zero-order valence-electron chi connectivity index (χ0n) is 23.8. The van der Waals surface area contributed by atoms with Crippen LogP contribution in [0, 0.1) is 5.82 Å². The Bertz CT molecular complexity index is 1090. The minimum Gasteiger partial charge on any atom is -0.494 e. The van der Waals surface area contributed by atoms with Gasteiger partial charge >= 0.3 is 0 Å². The molecule has 4 nitrogen and oxygen atoms in total. The minimum absolute atomic E-state index is 0. The highest BCUT2D eigenvalue weighted by Crippen LogP contribution is 2.42. The quantitative estimate of drug-likeness (QED) is 0.206. The van der Waals surface area contributed by atoms with E-state index in [1.807, 2.05) is 30.3 Å². The van der Waals surface area contributed by atoms with Crippen molar-refractivity contribution in [3.05, 3.63) is 95.8 Å². The van der Waals surface area contributed by atoms with E-state index >= 15 is 0 Å². The van der Waals surface area contributed by atoms with E-state index in [0.29, 0.717) is 13.0 Å². The second-order valence-corrected chi connectivity index (χ2v) is 10.5. The first-order chi connectivity index (χ1) is 18.5. The van der Waals surface area contributed by atoms with Crippen LogP contribution in [0.25, 0.3) is 0 Å². The highest BCUT2D eigenvalue weighted by Gasteiger charge is 2.40. The van der Waals surface area contributed by atoms with Crippen LogP contribution in [0.5, 0.6) is 5.75 Å². The van der Waals surface area contributed by atoms with Gasteiger partial charge in [-0.15, -0.1) is 24.8 Å². The van der Waals surface area contributed by atoms with E-state index in [1.54, 1.807) is 0 Å². The normalized spacial score (nSPS) is 15.8. The van der Waals surface area contributed by atoms with Crippen molar-refractivity contribution in [3.8, 4) is 5.75 Å². The number of piperazine rings is 1. The molecule has 1 heterocycles. The molecule has 1 aliphatic rings. The zero-order chi connectivity index (χ0) is 26.8. The molecule has 0 aliphatic carbocycles. The predicted octanol–water partition coefficient (Wildman–Crippen LogP) is 7.83. The molecule has 40 heavy (non-hydrogen) atoms. The van der Waals surface area contributed by atoms with Gasteiger partial charge in [-0.3, -0.25) is 4.90 Å². The summed E-state index contributed by atoms with van der Waals surface area (Å²) >= 11 is 0. The maximum absolute atomic E-state index is 13.4. The van der Waals surface area contributed by atoms with Crippen molar-refractivity contribution in [2.24, 2.45) is 0 Å². The van der Waals surface area contributed by atoms with Crippen LogP contribution < -0.4 is 9.64 Å². The average molecular weight is 592 g/mol. The Kier molecular flexibility index (Phi) is 14.3. The van der Waals surface area contributed by atoms with Crippen LogP contribution in [0.1, 0.15) is 63.0 Å². The maximum Gasteiger partial charge on any atom is 0.123 e. The monoisotopic (exact) mass is 590 g/mol. The number of benzene rings is 3. The zero-order valence-corrected chi connectivity index (χ0v) is 25.4. The number of anilines is 1. The number of hydrogen-bond donors (Lipinski definition) is 1. The third kappa shape index (κ3) is 8.84. The fraction of sp³-hybridized carbons (Fsp3) is 0.455. The Morgan fingerprint density at radius 2 is 1.45 bits per heavy atom. The molecule has 0 saturated carbocycles. The first-order valence-corrected chi connectivity index (χ1v) is 14.3. The topological polar surface area (TPSA) is 35.9 Å². The van der Waals surface area contributed by atoms with Crippen molar-refractivity contribution in [1.29, 1.82) is 0 Å². The van der Waals surface area contributed by atoms with Crippen LogP contribution in [-0.4, -0.2) is 49.3 Å². The molecule has 2 atom stereocenters. The van der Waals surface area contributed by atoms with Crippen molar-refractivity contribution < 1.29 is 14.2 Å². The summed E-state index contributed by atoms with van der Waals surface area (Å²) in [5.74, 6) is 0.581. The van der Waals surface area contributed by atoms with Gasteiger partial charge in [0.2, 0.25) is 0 Å². The van der Waals surface area contributed by atoms with Gasteiger partial charge in [0, 0.05) is 44.3 Å². The van der Waals surface area contributed by atoms with E-state index < -0.39 is 5.60 Å². The molecule has 4 rings (SSSR count). The molecule has 0 amide bonds. The SMILES string of the molecule is CCCCOc1ccc(C(O)(CCCC)C(CN2CCN(c3ccc(F)cc3)CC2)c2ccccc2)cc1.Cl.Cl. The van der Waals surface area contributed by atoms with Crippen molar-refractivity contribution in [3.63, 3.8) is 0 Å². The lowest BCUT2D eigenvalue weighted by Crippen LogP contribution is -2.50. The first kappa shape index (κ1) is 33.9. The van der Waals surface area contributed by atoms with Crippen LogP contribution in [0.3, 0.4) is 0 Å². The molecule has 1 aliphatic heterocycles. The lowest BCUT2D eigenvalue weighted by Gasteiger charge is -2.43. The number of halogens is 3.